The zero-order valence-electron chi connectivity index (χ0n) is 13.2. The van der Waals surface area contributed by atoms with Gasteiger partial charge in [0.25, 0.3) is 5.91 Å². The molecule has 1 N–H and O–H groups in total. The topological polar surface area (TPSA) is 58.6 Å². The van der Waals surface area contributed by atoms with E-state index in [9.17, 15) is 9.59 Å². The number of rotatable bonds is 4. The summed E-state index contributed by atoms with van der Waals surface area (Å²) < 4.78 is 5.59. The van der Waals surface area contributed by atoms with E-state index in [-0.39, 0.29) is 31.0 Å². The summed E-state index contributed by atoms with van der Waals surface area (Å²) in [6, 6.07) is 6.84. The van der Waals surface area contributed by atoms with Crippen LogP contribution in [0, 0.1) is 5.92 Å². The van der Waals surface area contributed by atoms with Crippen molar-refractivity contribution in [2.24, 2.45) is 5.92 Å². The molecule has 0 aromatic heterocycles. The van der Waals surface area contributed by atoms with E-state index in [4.69, 9.17) is 16.3 Å². The van der Waals surface area contributed by atoms with Gasteiger partial charge in [-0.1, -0.05) is 43.5 Å². The Kier molecular flexibility index (Phi) is 4.48. The summed E-state index contributed by atoms with van der Waals surface area (Å²) in [5.41, 5.74) is -0.709. The van der Waals surface area contributed by atoms with Crippen molar-refractivity contribution in [3.8, 4) is 5.75 Å². The van der Waals surface area contributed by atoms with Crippen LogP contribution in [0.3, 0.4) is 0 Å². The number of urea groups is 1. The lowest BCUT2D eigenvalue weighted by Crippen LogP contribution is -2.54. The Hall–Kier alpha value is -1.75. The lowest BCUT2D eigenvalue weighted by Gasteiger charge is -2.36. The molecule has 124 valence electrons. The first-order valence-corrected chi connectivity index (χ1v) is 8.44. The molecule has 0 radical (unpaired) electrons. The number of amides is 3. The van der Waals surface area contributed by atoms with Gasteiger partial charge in [-0.25, -0.2) is 4.79 Å². The van der Waals surface area contributed by atoms with Gasteiger partial charge in [0, 0.05) is 0 Å². The van der Waals surface area contributed by atoms with E-state index in [1.165, 1.54) is 4.90 Å². The fourth-order valence-electron chi connectivity index (χ4n) is 3.51. The molecular formula is C17H21ClN2O3. The molecule has 2 fully saturated rings. The quantitative estimate of drug-likeness (QED) is 0.859. The van der Waals surface area contributed by atoms with Crippen molar-refractivity contribution in [1.29, 1.82) is 0 Å². The Morgan fingerprint density at radius 1 is 1.35 bits per heavy atom. The molecule has 1 aliphatic heterocycles. The third kappa shape index (κ3) is 2.90. The molecule has 1 saturated carbocycles. The SMILES string of the molecule is CC1CCCCC12NC(=O)N(CCOc1ccccc1Cl)C2=O. The van der Waals surface area contributed by atoms with Crippen LogP contribution < -0.4 is 10.1 Å². The van der Waals surface area contributed by atoms with E-state index in [1.54, 1.807) is 12.1 Å². The molecule has 23 heavy (non-hydrogen) atoms. The highest BCUT2D eigenvalue weighted by Crippen LogP contribution is 2.38. The number of para-hydroxylation sites is 1. The number of hydrogen-bond acceptors (Lipinski definition) is 3. The zero-order valence-corrected chi connectivity index (χ0v) is 13.9. The fraction of sp³-hybridized carbons (Fsp3) is 0.529. The van der Waals surface area contributed by atoms with E-state index >= 15 is 0 Å². The van der Waals surface area contributed by atoms with Crippen molar-refractivity contribution in [1.82, 2.24) is 10.2 Å². The second-order valence-corrected chi connectivity index (χ2v) is 6.69. The van der Waals surface area contributed by atoms with Gasteiger partial charge < -0.3 is 10.1 Å². The van der Waals surface area contributed by atoms with Gasteiger partial charge in [-0.05, 0) is 30.9 Å². The number of benzene rings is 1. The van der Waals surface area contributed by atoms with E-state index in [1.807, 2.05) is 19.1 Å². The van der Waals surface area contributed by atoms with E-state index in [0.29, 0.717) is 10.8 Å². The van der Waals surface area contributed by atoms with Crippen molar-refractivity contribution in [2.75, 3.05) is 13.2 Å². The molecule has 1 heterocycles. The Morgan fingerprint density at radius 2 is 2.13 bits per heavy atom. The molecule has 3 amide bonds. The van der Waals surface area contributed by atoms with Crippen LogP contribution in [0.1, 0.15) is 32.6 Å². The molecule has 2 atom stereocenters. The number of nitrogens with zero attached hydrogens (tertiary/aromatic N) is 1. The van der Waals surface area contributed by atoms with E-state index < -0.39 is 5.54 Å². The van der Waals surface area contributed by atoms with Gasteiger partial charge >= 0.3 is 6.03 Å². The minimum atomic E-state index is -0.709. The molecule has 3 rings (SSSR count). The smallest absolute Gasteiger partial charge is 0.325 e. The summed E-state index contributed by atoms with van der Waals surface area (Å²) >= 11 is 6.03. The largest absolute Gasteiger partial charge is 0.490 e. The molecular weight excluding hydrogens is 316 g/mol. The summed E-state index contributed by atoms with van der Waals surface area (Å²) in [5.74, 6) is 0.613. The number of imide groups is 1. The highest BCUT2D eigenvalue weighted by atomic mass is 35.5. The van der Waals surface area contributed by atoms with Crippen LogP contribution in [-0.4, -0.2) is 35.5 Å². The van der Waals surface area contributed by atoms with Crippen LogP contribution in [-0.2, 0) is 4.79 Å². The standard InChI is InChI=1S/C17H21ClN2O3/c1-12-6-4-5-9-17(12)15(21)20(16(22)19-17)10-11-23-14-8-3-2-7-13(14)18/h2-3,7-8,12H,4-6,9-11H2,1H3,(H,19,22). The van der Waals surface area contributed by atoms with Crippen molar-refractivity contribution < 1.29 is 14.3 Å². The summed E-state index contributed by atoms with van der Waals surface area (Å²) in [4.78, 5) is 26.3. The zero-order chi connectivity index (χ0) is 16.4. The van der Waals surface area contributed by atoms with Gasteiger partial charge in [0.2, 0.25) is 0 Å². The van der Waals surface area contributed by atoms with Crippen LogP contribution in [0.2, 0.25) is 5.02 Å². The Labute approximate surface area is 140 Å². The highest BCUT2D eigenvalue weighted by molar-refractivity contribution is 6.32. The Balaban J connectivity index is 1.63. The first-order chi connectivity index (χ1) is 11.0. The minimum Gasteiger partial charge on any atom is -0.490 e. The van der Waals surface area contributed by atoms with Crippen LogP contribution in [0.5, 0.6) is 5.75 Å². The number of carbonyl (C=O) groups is 2. The molecule has 6 heteroatoms. The maximum absolute atomic E-state index is 12.8. The van der Waals surface area contributed by atoms with E-state index in [2.05, 4.69) is 5.32 Å². The van der Waals surface area contributed by atoms with Crippen LogP contribution in [0.4, 0.5) is 4.79 Å². The van der Waals surface area contributed by atoms with Gasteiger partial charge in [-0.15, -0.1) is 0 Å². The molecule has 2 unspecified atom stereocenters. The molecule has 5 nitrogen and oxygen atoms in total. The highest BCUT2D eigenvalue weighted by Gasteiger charge is 2.54. The molecule has 1 aromatic carbocycles. The monoisotopic (exact) mass is 336 g/mol. The number of carbonyl (C=O) groups excluding carboxylic acids is 2. The minimum absolute atomic E-state index is 0.113. The van der Waals surface area contributed by atoms with Crippen LogP contribution >= 0.6 is 11.6 Å². The Morgan fingerprint density at radius 3 is 2.87 bits per heavy atom. The lowest BCUT2D eigenvalue weighted by atomic mass is 9.73. The van der Waals surface area contributed by atoms with Crippen LogP contribution in [0.25, 0.3) is 0 Å². The predicted molar refractivity (Wildman–Crippen MR) is 87.6 cm³/mol. The van der Waals surface area contributed by atoms with Crippen molar-refractivity contribution in [3.05, 3.63) is 29.3 Å². The number of ether oxygens (including phenoxy) is 1. The first kappa shape index (κ1) is 16.1. The Bertz CT molecular complexity index is 622. The third-order valence-corrected chi connectivity index (χ3v) is 5.22. The van der Waals surface area contributed by atoms with Gasteiger partial charge in [0.05, 0.1) is 11.6 Å². The van der Waals surface area contributed by atoms with Crippen molar-refractivity contribution >= 4 is 23.5 Å². The van der Waals surface area contributed by atoms with Crippen molar-refractivity contribution in [3.63, 3.8) is 0 Å². The average Bonchev–Trinajstić information content (AvgIpc) is 2.77. The lowest BCUT2D eigenvalue weighted by molar-refractivity contribution is -0.134. The second kappa shape index (κ2) is 6.40. The number of nitrogens with one attached hydrogen (secondary N) is 1. The molecule has 2 aliphatic rings. The third-order valence-electron chi connectivity index (χ3n) is 4.91. The molecule has 0 bridgehead atoms. The van der Waals surface area contributed by atoms with Gasteiger partial charge in [0.15, 0.2) is 0 Å². The summed E-state index contributed by atoms with van der Waals surface area (Å²) in [7, 11) is 0. The van der Waals surface area contributed by atoms with Gasteiger partial charge in [0.1, 0.15) is 17.9 Å². The average molecular weight is 337 g/mol. The first-order valence-electron chi connectivity index (χ1n) is 8.06. The summed E-state index contributed by atoms with van der Waals surface area (Å²) in [6.45, 7) is 2.50. The number of halogens is 1. The maximum Gasteiger partial charge on any atom is 0.325 e. The normalized spacial score (nSPS) is 27.4. The number of hydrogen-bond donors (Lipinski definition) is 1. The van der Waals surface area contributed by atoms with E-state index in [0.717, 1.165) is 25.7 Å². The van der Waals surface area contributed by atoms with Gasteiger partial charge in [-0.2, -0.15) is 0 Å². The summed E-state index contributed by atoms with van der Waals surface area (Å²) in [5, 5.41) is 3.45. The van der Waals surface area contributed by atoms with Gasteiger partial charge in [-0.3, -0.25) is 9.69 Å². The molecule has 1 spiro atoms. The van der Waals surface area contributed by atoms with Crippen molar-refractivity contribution in [2.45, 2.75) is 38.1 Å². The molecule has 1 aromatic rings. The molecule has 1 saturated heterocycles. The fourth-order valence-corrected chi connectivity index (χ4v) is 3.70. The second-order valence-electron chi connectivity index (χ2n) is 6.28. The van der Waals surface area contributed by atoms with Crippen LogP contribution in [0.15, 0.2) is 24.3 Å². The summed E-state index contributed by atoms with van der Waals surface area (Å²) in [6.07, 6.45) is 3.78. The maximum atomic E-state index is 12.8. The molecule has 1 aliphatic carbocycles. The predicted octanol–water partition coefficient (Wildman–Crippen LogP) is 3.22.